The van der Waals surface area contributed by atoms with E-state index in [0.29, 0.717) is 13.1 Å². The Morgan fingerprint density at radius 2 is 2.00 bits per heavy atom. The van der Waals surface area contributed by atoms with Crippen molar-refractivity contribution < 1.29 is 15.3 Å². The van der Waals surface area contributed by atoms with E-state index < -0.39 is 12.2 Å². The molecule has 0 bridgehead atoms. The average Bonchev–Trinajstić information content (AvgIpc) is 1.95. The first-order chi connectivity index (χ1) is 4.75. The molecule has 1 aliphatic heterocycles. The van der Waals surface area contributed by atoms with Gasteiger partial charge in [0.05, 0.1) is 12.2 Å². The highest BCUT2D eigenvalue weighted by Gasteiger charge is 2.29. The molecule has 10 heavy (non-hydrogen) atoms. The molecule has 0 spiro atoms. The maximum absolute atomic E-state index is 9.19. The summed E-state index contributed by atoms with van der Waals surface area (Å²) >= 11 is 0. The van der Waals surface area contributed by atoms with Crippen LogP contribution >= 0.6 is 0 Å². The van der Waals surface area contributed by atoms with E-state index in [-0.39, 0.29) is 12.5 Å². The van der Waals surface area contributed by atoms with Crippen molar-refractivity contribution >= 4 is 0 Å². The van der Waals surface area contributed by atoms with Crippen molar-refractivity contribution in [3.8, 4) is 0 Å². The van der Waals surface area contributed by atoms with Crippen molar-refractivity contribution in [3.05, 3.63) is 0 Å². The van der Waals surface area contributed by atoms with E-state index in [0.717, 1.165) is 0 Å². The minimum atomic E-state index is -0.772. The summed E-state index contributed by atoms with van der Waals surface area (Å²) in [4.78, 5) is 0. The van der Waals surface area contributed by atoms with E-state index >= 15 is 0 Å². The van der Waals surface area contributed by atoms with Crippen molar-refractivity contribution in [1.82, 2.24) is 5.32 Å². The SMILES string of the molecule is OCC1CNC[C@H](O)[C@H]1O. The number of nitrogens with one attached hydrogen (secondary N) is 1. The Kier molecular flexibility index (Phi) is 2.62. The van der Waals surface area contributed by atoms with Gasteiger partial charge in [0, 0.05) is 25.6 Å². The van der Waals surface area contributed by atoms with Gasteiger partial charge in [-0.05, 0) is 0 Å². The molecule has 1 fully saturated rings. The van der Waals surface area contributed by atoms with Crippen molar-refractivity contribution in [3.63, 3.8) is 0 Å². The van der Waals surface area contributed by atoms with Gasteiger partial charge in [-0.15, -0.1) is 0 Å². The Morgan fingerprint density at radius 1 is 1.30 bits per heavy atom. The van der Waals surface area contributed by atoms with Gasteiger partial charge in [-0.1, -0.05) is 0 Å². The molecule has 1 saturated heterocycles. The van der Waals surface area contributed by atoms with Crippen LogP contribution in [0.25, 0.3) is 0 Å². The van der Waals surface area contributed by atoms with Crippen LogP contribution in [0.5, 0.6) is 0 Å². The number of piperidine rings is 1. The third kappa shape index (κ3) is 1.46. The molecule has 60 valence electrons. The molecule has 4 nitrogen and oxygen atoms in total. The van der Waals surface area contributed by atoms with E-state index in [1.54, 1.807) is 0 Å². The van der Waals surface area contributed by atoms with Gasteiger partial charge in [-0.2, -0.15) is 0 Å². The van der Waals surface area contributed by atoms with Crippen molar-refractivity contribution in [2.24, 2.45) is 5.92 Å². The first-order valence-corrected chi connectivity index (χ1v) is 3.43. The van der Waals surface area contributed by atoms with E-state index in [4.69, 9.17) is 10.2 Å². The van der Waals surface area contributed by atoms with Crippen molar-refractivity contribution in [2.75, 3.05) is 19.7 Å². The predicted octanol–water partition coefficient (Wildman–Crippen LogP) is -2.08. The third-order valence-electron chi connectivity index (χ3n) is 1.87. The van der Waals surface area contributed by atoms with Crippen LogP contribution in [0.1, 0.15) is 0 Å². The zero-order chi connectivity index (χ0) is 7.56. The van der Waals surface area contributed by atoms with Gasteiger partial charge in [0.2, 0.25) is 0 Å². The van der Waals surface area contributed by atoms with Crippen LogP contribution in [0.2, 0.25) is 0 Å². The summed E-state index contributed by atoms with van der Waals surface area (Å²) < 4.78 is 0. The Morgan fingerprint density at radius 3 is 2.50 bits per heavy atom. The molecule has 0 aromatic carbocycles. The standard InChI is InChI=1S/C6H13NO3/c8-3-4-1-7-2-5(9)6(4)10/h4-10H,1-3H2/t4?,5-,6-/m0/s1. The van der Waals surface area contributed by atoms with Crippen LogP contribution in [0.15, 0.2) is 0 Å². The Bertz CT molecular complexity index is 109. The second-order valence-electron chi connectivity index (χ2n) is 2.66. The minimum absolute atomic E-state index is 0.0781. The fourth-order valence-electron chi connectivity index (χ4n) is 1.14. The van der Waals surface area contributed by atoms with Crippen LogP contribution < -0.4 is 5.32 Å². The zero-order valence-corrected chi connectivity index (χ0v) is 5.70. The van der Waals surface area contributed by atoms with Crippen LogP contribution in [0.4, 0.5) is 0 Å². The third-order valence-corrected chi connectivity index (χ3v) is 1.87. The smallest absolute Gasteiger partial charge is 0.0927 e. The molecule has 4 N–H and O–H groups in total. The Balaban J connectivity index is 2.42. The number of β-amino-alcohol motifs (C(OH)–C–C–N with tert-alkyl or cyclic N) is 1. The predicted molar refractivity (Wildman–Crippen MR) is 35.5 cm³/mol. The monoisotopic (exact) mass is 147 g/mol. The molecule has 0 saturated carbocycles. The van der Waals surface area contributed by atoms with Crippen LogP contribution in [0, 0.1) is 5.92 Å². The maximum atomic E-state index is 9.19. The normalized spacial score (nSPS) is 41.7. The summed E-state index contributed by atoms with van der Waals surface area (Å²) in [7, 11) is 0. The van der Waals surface area contributed by atoms with E-state index in [2.05, 4.69) is 5.32 Å². The fourth-order valence-corrected chi connectivity index (χ4v) is 1.14. The Labute approximate surface area is 59.5 Å². The number of aliphatic hydroxyl groups is 3. The maximum Gasteiger partial charge on any atom is 0.0927 e. The van der Waals surface area contributed by atoms with Crippen molar-refractivity contribution in [2.45, 2.75) is 12.2 Å². The Hall–Kier alpha value is -0.160. The van der Waals surface area contributed by atoms with E-state index in [1.165, 1.54) is 0 Å². The van der Waals surface area contributed by atoms with Gasteiger partial charge >= 0.3 is 0 Å². The topological polar surface area (TPSA) is 72.7 Å². The van der Waals surface area contributed by atoms with Crippen LogP contribution in [-0.2, 0) is 0 Å². The van der Waals surface area contributed by atoms with E-state index in [1.807, 2.05) is 0 Å². The lowest BCUT2D eigenvalue weighted by molar-refractivity contribution is -0.0490. The number of hydrogen-bond acceptors (Lipinski definition) is 4. The molecule has 1 rings (SSSR count). The van der Waals surface area contributed by atoms with Gasteiger partial charge in [0.15, 0.2) is 0 Å². The number of rotatable bonds is 1. The lowest BCUT2D eigenvalue weighted by atomic mass is 9.95. The fraction of sp³-hybridized carbons (Fsp3) is 1.00. The summed E-state index contributed by atoms with van der Waals surface area (Å²) in [5.74, 6) is -0.219. The first kappa shape index (κ1) is 7.94. The van der Waals surface area contributed by atoms with Gasteiger partial charge in [-0.3, -0.25) is 0 Å². The lowest BCUT2D eigenvalue weighted by Gasteiger charge is -2.30. The molecule has 1 heterocycles. The first-order valence-electron chi connectivity index (χ1n) is 3.43. The summed E-state index contributed by atoms with van der Waals surface area (Å²) in [6.45, 7) is 0.914. The quantitative estimate of drug-likeness (QED) is 0.343. The summed E-state index contributed by atoms with van der Waals surface area (Å²) in [5, 5.41) is 29.8. The molecule has 4 heteroatoms. The molecule has 0 aromatic rings. The second kappa shape index (κ2) is 3.30. The summed E-state index contributed by atoms with van der Waals surface area (Å²) in [6.07, 6.45) is -1.50. The molecule has 0 aliphatic carbocycles. The highest BCUT2D eigenvalue weighted by molar-refractivity contribution is 4.83. The molecule has 0 aromatic heterocycles. The lowest BCUT2D eigenvalue weighted by Crippen LogP contribution is -2.51. The van der Waals surface area contributed by atoms with Gasteiger partial charge in [0.1, 0.15) is 0 Å². The highest BCUT2D eigenvalue weighted by Crippen LogP contribution is 2.10. The minimum Gasteiger partial charge on any atom is -0.396 e. The molecule has 1 aliphatic rings. The molecule has 0 amide bonds. The van der Waals surface area contributed by atoms with Crippen LogP contribution in [0.3, 0.4) is 0 Å². The van der Waals surface area contributed by atoms with Crippen molar-refractivity contribution in [1.29, 1.82) is 0 Å². The van der Waals surface area contributed by atoms with Gasteiger partial charge in [0.25, 0.3) is 0 Å². The average molecular weight is 147 g/mol. The van der Waals surface area contributed by atoms with E-state index in [9.17, 15) is 5.11 Å². The summed E-state index contributed by atoms with van der Waals surface area (Å²) in [5.41, 5.74) is 0. The molecular weight excluding hydrogens is 134 g/mol. The molecule has 1 unspecified atom stereocenters. The number of hydrogen-bond donors (Lipinski definition) is 4. The van der Waals surface area contributed by atoms with Gasteiger partial charge in [-0.25, -0.2) is 0 Å². The molecular formula is C6H13NO3. The zero-order valence-electron chi connectivity index (χ0n) is 5.70. The summed E-state index contributed by atoms with van der Waals surface area (Å²) in [6, 6.07) is 0. The highest BCUT2D eigenvalue weighted by atomic mass is 16.3. The second-order valence-corrected chi connectivity index (χ2v) is 2.66. The van der Waals surface area contributed by atoms with Gasteiger partial charge < -0.3 is 20.6 Å². The van der Waals surface area contributed by atoms with Crippen LogP contribution in [-0.4, -0.2) is 47.2 Å². The molecule has 0 radical (unpaired) electrons. The number of aliphatic hydroxyl groups excluding tert-OH is 3. The largest absolute Gasteiger partial charge is 0.396 e. The molecule has 3 atom stereocenters.